The molecule has 0 aromatic rings. The molecule has 0 bridgehead atoms. The van der Waals surface area contributed by atoms with Gasteiger partial charge in [-0.25, -0.2) is 0 Å². The van der Waals surface area contributed by atoms with Crippen LogP contribution in [0.4, 0.5) is 0 Å². The molecule has 5 heteroatoms. The van der Waals surface area contributed by atoms with Gasteiger partial charge in [-0.05, 0) is 18.8 Å². The molecule has 0 aromatic carbocycles. The molecule has 1 heterocycles. The van der Waals surface area contributed by atoms with Crippen LogP contribution in [0.2, 0.25) is 0 Å². The molecule has 1 rings (SSSR count). The monoisotopic (exact) mass is 256 g/mol. The fourth-order valence-corrected chi connectivity index (χ4v) is 2.32. The first kappa shape index (κ1) is 15.0. The number of piperidine rings is 1. The zero-order chi connectivity index (χ0) is 13.7. The van der Waals surface area contributed by atoms with Gasteiger partial charge >= 0.3 is 0 Å². The first-order valence-corrected chi connectivity index (χ1v) is 6.60. The van der Waals surface area contributed by atoms with Gasteiger partial charge in [-0.3, -0.25) is 9.59 Å². The highest BCUT2D eigenvalue weighted by Gasteiger charge is 2.29. The van der Waals surface area contributed by atoms with Crippen molar-refractivity contribution >= 4 is 11.8 Å². The first-order chi connectivity index (χ1) is 8.43. The molecule has 0 radical (unpaired) electrons. The highest BCUT2D eigenvalue weighted by Crippen LogP contribution is 2.20. The number of nitrogens with one attached hydrogen (secondary N) is 1. The van der Waals surface area contributed by atoms with Gasteiger partial charge in [0.05, 0.1) is 0 Å². The summed E-state index contributed by atoms with van der Waals surface area (Å²) in [5.74, 6) is 0.272. The Hall–Kier alpha value is -1.10. The number of aliphatic hydroxyl groups is 1. The molecule has 0 saturated carbocycles. The van der Waals surface area contributed by atoms with E-state index in [-0.39, 0.29) is 36.3 Å². The maximum Gasteiger partial charge on any atom is 0.222 e. The number of carbonyl (C=O) groups is 2. The summed E-state index contributed by atoms with van der Waals surface area (Å²) >= 11 is 0. The van der Waals surface area contributed by atoms with Gasteiger partial charge in [-0.1, -0.05) is 13.8 Å². The number of carbonyl (C=O) groups excluding carboxylic acids is 2. The standard InChI is InChI=1S/C13H24N2O3/c1-9(2)13(18)14-12-6-11(4-5-16)7-15(8-12)10(3)17/h9,11-12,16H,4-8H2,1-3H3,(H,14,18). The lowest BCUT2D eigenvalue weighted by molar-refractivity contribution is -0.133. The van der Waals surface area contributed by atoms with Crippen molar-refractivity contribution in [1.29, 1.82) is 0 Å². The van der Waals surface area contributed by atoms with E-state index in [0.717, 1.165) is 6.42 Å². The zero-order valence-corrected chi connectivity index (χ0v) is 11.5. The van der Waals surface area contributed by atoms with E-state index in [1.54, 1.807) is 11.8 Å². The van der Waals surface area contributed by atoms with Crippen molar-refractivity contribution in [2.45, 2.75) is 39.7 Å². The van der Waals surface area contributed by atoms with Gasteiger partial charge in [0.2, 0.25) is 11.8 Å². The van der Waals surface area contributed by atoms with Crippen LogP contribution in [-0.4, -0.2) is 47.6 Å². The van der Waals surface area contributed by atoms with Crippen molar-refractivity contribution < 1.29 is 14.7 Å². The molecule has 1 fully saturated rings. The summed E-state index contributed by atoms with van der Waals surface area (Å²) in [6.45, 7) is 6.64. The molecule has 1 saturated heterocycles. The van der Waals surface area contributed by atoms with E-state index in [4.69, 9.17) is 5.11 Å². The molecular formula is C13H24N2O3. The summed E-state index contributed by atoms with van der Waals surface area (Å²) in [4.78, 5) is 24.9. The lowest BCUT2D eigenvalue weighted by Crippen LogP contribution is -2.52. The number of amides is 2. The van der Waals surface area contributed by atoms with Crippen LogP contribution in [0.15, 0.2) is 0 Å². The van der Waals surface area contributed by atoms with Crippen LogP contribution in [0.3, 0.4) is 0 Å². The fourth-order valence-electron chi connectivity index (χ4n) is 2.32. The van der Waals surface area contributed by atoms with Crippen LogP contribution in [0.25, 0.3) is 0 Å². The maximum absolute atomic E-state index is 11.7. The van der Waals surface area contributed by atoms with Gasteiger partial charge in [0.25, 0.3) is 0 Å². The Bertz CT molecular complexity index is 305. The third-order valence-corrected chi connectivity index (χ3v) is 3.39. The lowest BCUT2D eigenvalue weighted by atomic mass is 9.91. The van der Waals surface area contributed by atoms with Gasteiger partial charge in [0.15, 0.2) is 0 Å². The van der Waals surface area contributed by atoms with Gasteiger partial charge in [-0.15, -0.1) is 0 Å². The van der Waals surface area contributed by atoms with Crippen LogP contribution < -0.4 is 5.32 Å². The van der Waals surface area contributed by atoms with Gasteiger partial charge in [-0.2, -0.15) is 0 Å². The first-order valence-electron chi connectivity index (χ1n) is 6.60. The Balaban J connectivity index is 2.60. The summed E-state index contributed by atoms with van der Waals surface area (Å²) in [6.07, 6.45) is 1.51. The van der Waals surface area contributed by atoms with E-state index < -0.39 is 0 Å². The maximum atomic E-state index is 11.7. The molecule has 1 aliphatic heterocycles. The number of nitrogens with zero attached hydrogens (tertiary/aromatic N) is 1. The Morgan fingerprint density at radius 1 is 1.39 bits per heavy atom. The van der Waals surface area contributed by atoms with Crippen LogP contribution in [0, 0.1) is 11.8 Å². The third-order valence-electron chi connectivity index (χ3n) is 3.39. The number of likely N-dealkylation sites (tertiary alicyclic amines) is 1. The normalized spacial score (nSPS) is 24.2. The van der Waals surface area contributed by atoms with E-state index in [1.165, 1.54) is 0 Å². The van der Waals surface area contributed by atoms with Crippen molar-refractivity contribution in [3.8, 4) is 0 Å². The third kappa shape index (κ3) is 4.29. The number of hydrogen-bond donors (Lipinski definition) is 2. The van der Waals surface area contributed by atoms with E-state index in [1.807, 2.05) is 13.8 Å². The highest BCUT2D eigenvalue weighted by molar-refractivity contribution is 5.78. The van der Waals surface area contributed by atoms with E-state index in [2.05, 4.69) is 5.32 Å². The smallest absolute Gasteiger partial charge is 0.222 e. The van der Waals surface area contributed by atoms with Crippen LogP contribution in [0.1, 0.15) is 33.6 Å². The summed E-state index contributed by atoms with van der Waals surface area (Å²) in [5.41, 5.74) is 0. The molecule has 104 valence electrons. The molecule has 2 amide bonds. The van der Waals surface area contributed by atoms with Gasteiger partial charge < -0.3 is 15.3 Å². The van der Waals surface area contributed by atoms with Crippen molar-refractivity contribution in [3.63, 3.8) is 0 Å². The lowest BCUT2D eigenvalue weighted by Gasteiger charge is -2.37. The molecule has 2 unspecified atom stereocenters. The average molecular weight is 256 g/mol. The van der Waals surface area contributed by atoms with Crippen molar-refractivity contribution in [2.75, 3.05) is 19.7 Å². The topological polar surface area (TPSA) is 69.6 Å². The predicted molar refractivity (Wildman–Crippen MR) is 68.8 cm³/mol. The molecule has 0 aromatic heterocycles. The SMILES string of the molecule is CC(=O)N1CC(CCO)CC(NC(=O)C(C)C)C1. The van der Waals surface area contributed by atoms with Gasteiger partial charge in [0, 0.05) is 38.6 Å². The number of hydrogen-bond acceptors (Lipinski definition) is 3. The summed E-state index contributed by atoms with van der Waals surface area (Å²) in [5, 5.41) is 12.0. The minimum absolute atomic E-state index is 0.00843. The molecule has 0 spiro atoms. The van der Waals surface area contributed by atoms with E-state index in [9.17, 15) is 9.59 Å². The number of rotatable bonds is 4. The summed E-state index contributed by atoms with van der Waals surface area (Å²) < 4.78 is 0. The summed E-state index contributed by atoms with van der Waals surface area (Å²) in [6, 6.07) is 0.00843. The second kappa shape index (κ2) is 6.73. The molecule has 1 aliphatic rings. The van der Waals surface area contributed by atoms with E-state index >= 15 is 0 Å². The largest absolute Gasteiger partial charge is 0.396 e. The Kier molecular flexibility index (Phi) is 5.59. The Morgan fingerprint density at radius 2 is 2.06 bits per heavy atom. The Morgan fingerprint density at radius 3 is 2.56 bits per heavy atom. The van der Waals surface area contributed by atoms with Crippen LogP contribution in [-0.2, 0) is 9.59 Å². The molecular weight excluding hydrogens is 232 g/mol. The van der Waals surface area contributed by atoms with E-state index in [0.29, 0.717) is 19.5 Å². The number of aliphatic hydroxyl groups excluding tert-OH is 1. The van der Waals surface area contributed by atoms with Crippen molar-refractivity contribution in [2.24, 2.45) is 11.8 Å². The highest BCUT2D eigenvalue weighted by atomic mass is 16.3. The van der Waals surface area contributed by atoms with Crippen LogP contribution in [0.5, 0.6) is 0 Å². The quantitative estimate of drug-likeness (QED) is 0.764. The minimum atomic E-state index is -0.0472. The predicted octanol–water partition coefficient (Wildman–Crippen LogP) is 0.378. The molecule has 2 N–H and O–H groups in total. The Labute approximate surface area is 109 Å². The fraction of sp³-hybridized carbons (Fsp3) is 0.846. The molecule has 2 atom stereocenters. The average Bonchev–Trinajstić information content (AvgIpc) is 2.28. The second-order valence-electron chi connectivity index (χ2n) is 5.40. The minimum Gasteiger partial charge on any atom is -0.396 e. The molecule has 5 nitrogen and oxygen atoms in total. The van der Waals surface area contributed by atoms with Crippen molar-refractivity contribution in [1.82, 2.24) is 10.2 Å². The zero-order valence-electron chi connectivity index (χ0n) is 11.5. The van der Waals surface area contributed by atoms with Gasteiger partial charge in [0.1, 0.15) is 0 Å². The van der Waals surface area contributed by atoms with Crippen LogP contribution >= 0.6 is 0 Å². The van der Waals surface area contributed by atoms with Crippen molar-refractivity contribution in [3.05, 3.63) is 0 Å². The second-order valence-corrected chi connectivity index (χ2v) is 5.40. The summed E-state index contributed by atoms with van der Waals surface area (Å²) in [7, 11) is 0. The molecule has 18 heavy (non-hydrogen) atoms. The molecule has 0 aliphatic carbocycles.